The van der Waals surface area contributed by atoms with Gasteiger partial charge in [0.2, 0.25) is 11.1 Å². The smallest absolute Gasteiger partial charge is 0.269 e. The van der Waals surface area contributed by atoms with Gasteiger partial charge in [-0.25, -0.2) is 0 Å². The Balaban J connectivity index is 2.09. The van der Waals surface area contributed by atoms with Crippen LogP contribution in [-0.4, -0.2) is 9.55 Å². The lowest BCUT2D eigenvalue weighted by molar-refractivity contribution is 0.559. The Hall–Kier alpha value is -3.21. The van der Waals surface area contributed by atoms with Crippen LogP contribution in [0.15, 0.2) is 68.6 Å². The average molecular weight is 346 g/mol. The van der Waals surface area contributed by atoms with Crippen LogP contribution in [0, 0.1) is 0 Å². The van der Waals surface area contributed by atoms with Crippen molar-refractivity contribution >= 4 is 22.1 Å². The zero-order valence-electron chi connectivity index (χ0n) is 14.6. The first kappa shape index (κ1) is 16.3. The van der Waals surface area contributed by atoms with Crippen molar-refractivity contribution in [3.05, 3.63) is 86.6 Å². The lowest BCUT2D eigenvalue weighted by atomic mass is 10.1. The molecule has 0 aliphatic rings. The van der Waals surface area contributed by atoms with Crippen LogP contribution in [0.3, 0.4) is 0 Å². The number of rotatable bonds is 3. The van der Waals surface area contributed by atoms with Crippen molar-refractivity contribution in [2.24, 2.45) is 0 Å². The fourth-order valence-corrected chi connectivity index (χ4v) is 3.34. The van der Waals surface area contributed by atoms with Gasteiger partial charge in [0.25, 0.3) is 5.56 Å². The molecule has 5 heteroatoms. The number of hydrogen-bond acceptors (Lipinski definition) is 4. The zero-order valence-corrected chi connectivity index (χ0v) is 14.6. The van der Waals surface area contributed by atoms with E-state index in [1.807, 2.05) is 44.2 Å². The fourth-order valence-electron chi connectivity index (χ4n) is 3.34. The fraction of sp³-hybridized carbons (Fsp3) is 0.190. The zero-order chi connectivity index (χ0) is 18.3. The number of aromatic nitrogens is 2. The summed E-state index contributed by atoms with van der Waals surface area (Å²) in [6.07, 6.45) is 0.554. The van der Waals surface area contributed by atoms with Gasteiger partial charge in [0.05, 0.1) is 11.4 Å². The molecule has 26 heavy (non-hydrogen) atoms. The summed E-state index contributed by atoms with van der Waals surface area (Å²) in [5, 5.41) is 0.394. The van der Waals surface area contributed by atoms with Gasteiger partial charge < -0.3 is 4.42 Å². The molecular formula is C21H18N2O3. The Bertz CT molecular complexity index is 1220. The van der Waals surface area contributed by atoms with Crippen LogP contribution in [0.1, 0.15) is 31.3 Å². The molecule has 0 aliphatic carbocycles. The molecule has 130 valence electrons. The lowest BCUT2D eigenvalue weighted by Crippen LogP contribution is -2.31. The minimum Gasteiger partial charge on any atom is -0.437 e. The van der Waals surface area contributed by atoms with Gasteiger partial charge in [-0.1, -0.05) is 49.4 Å². The normalized spacial score (nSPS) is 12.5. The van der Waals surface area contributed by atoms with Gasteiger partial charge in [0.1, 0.15) is 11.4 Å². The topological polar surface area (TPSA) is 65.1 Å². The third kappa shape index (κ3) is 2.44. The molecule has 2 aromatic carbocycles. The van der Waals surface area contributed by atoms with Gasteiger partial charge in [-0.3, -0.25) is 14.2 Å². The summed E-state index contributed by atoms with van der Waals surface area (Å²) >= 11 is 0. The molecule has 1 unspecified atom stereocenters. The lowest BCUT2D eigenvalue weighted by Gasteiger charge is -2.19. The SMILES string of the molecule is CCc1nc2oc3ccccc3c(=O)c2c(=O)n1C(C)c1ccccc1. The number of aryl methyl sites for hydroxylation is 1. The maximum atomic E-state index is 13.3. The second-order valence-electron chi connectivity index (χ2n) is 6.25. The third-order valence-corrected chi connectivity index (χ3v) is 4.71. The Morgan fingerprint density at radius 1 is 1.04 bits per heavy atom. The van der Waals surface area contributed by atoms with Gasteiger partial charge in [-0.05, 0) is 24.6 Å². The first-order valence-electron chi connectivity index (χ1n) is 8.63. The first-order chi connectivity index (χ1) is 12.6. The quantitative estimate of drug-likeness (QED) is 0.531. The maximum absolute atomic E-state index is 13.3. The summed E-state index contributed by atoms with van der Waals surface area (Å²) in [7, 11) is 0. The molecule has 0 amide bonds. The Morgan fingerprint density at radius 2 is 1.73 bits per heavy atom. The van der Waals surface area contributed by atoms with Crippen molar-refractivity contribution in [1.29, 1.82) is 0 Å². The van der Waals surface area contributed by atoms with Crippen LogP contribution in [-0.2, 0) is 6.42 Å². The molecule has 0 saturated carbocycles. The van der Waals surface area contributed by atoms with E-state index in [1.54, 1.807) is 28.8 Å². The van der Waals surface area contributed by atoms with E-state index in [-0.39, 0.29) is 28.1 Å². The number of nitrogens with zero attached hydrogens (tertiary/aromatic N) is 2. The standard InChI is InChI=1S/C21H18N2O3/c1-3-17-22-20-18(19(24)15-11-7-8-12-16(15)26-20)21(25)23(17)13(2)14-9-5-4-6-10-14/h4-13H,3H2,1-2H3. The second kappa shape index (κ2) is 6.26. The molecule has 0 bridgehead atoms. The molecule has 0 saturated heterocycles. The highest BCUT2D eigenvalue weighted by Crippen LogP contribution is 2.20. The van der Waals surface area contributed by atoms with Crippen LogP contribution in [0.25, 0.3) is 22.1 Å². The number of hydrogen-bond donors (Lipinski definition) is 0. The van der Waals surface area contributed by atoms with Crippen LogP contribution in [0.5, 0.6) is 0 Å². The summed E-state index contributed by atoms with van der Waals surface area (Å²) in [4.78, 5) is 30.7. The highest BCUT2D eigenvalue weighted by Gasteiger charge is 2.20. The van der Waals surface area contributed by atoms with Crippen molar-refractivity contribution in [2.75, 3.05) is 0 Å². The highest BCUT2D eigenvalue weighted by atomic mass is 16.3. The van der Waals surface area contributed by atoms with E-state index in [1.165, 1.54) is 0 Å². The highest BCUT2D eigenvalue weighted by molar-refractivity contribution is 5.87. The van der Waals surface area contributed by atoms with Crippen molar-refractivity contribution in [1.82, 2.24) is 9.55 Å². The summed E-state index contributed by atoms with van der Waals surface area (Å²) in [6, 6.07) is 16.4. The molecule has 0 spiro atoms. The molecule has 4 rings (SSSR count). The van der Waals surface area contributed by atoms with Crippen molar-refractivity contribution in [3.8, 4) is 0 Å². The number of benzene rings is 2. The van der Waals surface area contributed by atoms with Gasteiger partial charge >= 0.3 is 0 Å². The Kier molecular flexibility index (Phi) is 3.92. The predicted molar refractivity (Wildman–Crippen MR) is 102 cm³/mol. The van der Waals surface area contributed by atoms with E-state index in [9.17, 15) is 9.59 Å². The van der Waals surface area contributed by atoms with Crippen molar-refractivity contribution < 1.29 is 4.42 Å². The maximum Gasteiger partial charge on any atom is 0.269 e. The number of fused-ring (bicyclic) bond motifs is 2. The summed E-state index contributed by atoms with van der Waals surface area (Å²) in [6.45, 7) is 3.87. The minimum atomic E-state index is -0.359. The van der Waals surface area contributed by atoms with Crippen LogP contribution in [0.2, 0.25) is 0 Å². The molecule has 4 aromatic rings. The van der Waals surface area contributed by atoms with Crippen LogP contribution < -0.4 is 11.0 Å². The Labute approximate surface area is 149 Å². The largest absolute Gasteiger partial charge is 0.437 e. The van der Waals surface area contributed by atoms with E-state index in [2.05, 4.69) is 4.98 Å². The van der Waals surface area contributed by atoms with Gasteiger partial charge in [-0.15, -0.1) is 0 Å². The molecule has 0 N–H and O–H groups in total. The second-order valence-corrected chi connectivity index (χ2v) is 6.25. The van der Waals surface area contributed by atoms with Crippen LogP contribution in [0.4, 0.5) is 0 Å². The molecule has 5 nitrogen and oxygen atoms in total. The van der Waals surface area contributed by atoms with Gasteiger partial charge in [0.15, 0.2) is 5.39 Å². The van der Waals surface area contributed by atoms with E-state index < -0.39 is 0 Å². The third-order valence-electron chi connectivity index (χ3n) is 4.71. The summed E-state index contributed by atoms with van der Waals surface area (Å²) in [5.74, 6) is 0.595. The van der Waals surface area contributed by atoms with E-state index in [0.29, 0.717) is 23.2 Å². The first-order valence-corrected chi connectivity index (χ1v) is 8.63. The van der Waals surface area contributed by atoms with Gasteiger partial charge in [-0.2, -0.15) is 4.98 Å². The van der Waals surface area contributed by atoms with E-state index in [0.717, 1.165) is 5.56 Å². The van der Waals surface area contributed by atoms with E-state index in [4.69, 9.17) is 4.42 Å². The summed E-state index contributed by atoms with van der Waals surface area (Å²) < 4.78 is 7.37. The molecule has 0 fully saturated rings. The minimum absolute atomic E-state index is 0.00341. The predicted octanol–water partition coefficient (Wildman–Crippen LogP) is 3.67. The van der Waals surface area contributed by atoms with Gasteiger partial charge in [0, 0.05) is 6.42 Å². The Morgan fingerprint density at radius 3 is 2.46 bits per heavy atom. The molecule has 0 radical (unpaired) electrons. The monoisotopic (exact) mass is 346 g/mol. The summed E-state index contributed by atoms with van der Waals surface area (Å²) in [5.41, 5.74) is 0.828. The molecule has 0 aliphatic heterocycles. The van der Waals surface area contributed by atoms with Crippen molar-refractivity contribution in [2.45, 2.75) is 26.3 Å². The van der Waals surface area contributed by atoms with E-state index >= 15 is 0 Å². The van der Waals surface area contributed by atoms with Crippen LogP contribution >= 0.6 is 0 Å². The molecular weight excluding hydrogens is 328 g/mol. The number of para-hydroxylation sites is 1. The molecule has 2 aromatic heterocycles. The average Bonchev–Trinajstić information content (AvgIpc) is 2.68. The molecule has 2 heterocycles. The molecule has 1 atom stereocenters. The van der Waals surface area contributed by atoms with Crippen molar-refractivity contribution in [3.63, 3.8) is 0 Å².